The standard InChI is InChI=1S/C13H24N2/c1-3-12(9-14-7-1)10-15-8-6-13(11-15)4-2-5-13/h12,14H,1-11H2. The summed E-state index contributed by atoms with van der Waals surface area (Å²) in [6.45, 7) is 6.69. The highest BCUT2D eigenvalue weighted by atomic mass is 15.2. The Kier molecular flexibility index (Phi) is 2.73. The van der Waals surface area contributed by atoms with Crippen LogP contribution < -0.4 is 5.32 Å². The highest BCUT2D eigenvalue weighted by Gasteiger charge is 2.42. The maximum Gasteiger partial charge on any atom is 0.00386 e. The summed E-state index contributed by atoms with van der Waals surface area (Å²) < 4.78 is 0. The van der Waals surface area contributed by atoms with Gasteiger partial charge in [0.2, 0.25) is 0 Å². The Hall–Kier alpha value is -0.0800. The van der Waals surface area contributed by atoms with Gasteiger partial charge < -0.3 is 10.2 Å². The molecule has 0 radical (unpaired) electrons. The van der Waals surface area contributed by atoms with Crippen LogP contribution in [-0.2, 0) is 0 Å². The van der Waals surface area contributed by atoms with E-state index in [1.165, 1.54) is 71.2 Å². The zero-order valence-electron chi connectivity index (χ0n) is 9.80. The lowest BCUT2D eigenvalue weighted by molar-refractivity contribution is 0.131. The molecule has 86 valence electrons. The van der Waals surface area contributed by atoms with Crippen molar-refractivity contribution >= 4 is 0 Å². The molecule has 3 aliphatic rings. The van der Waals surface area contributed by atoms with Crippen LogP contribution in [0.4, 0.5) is 0 Å². The van der Waals surface area contributed by atoms with E-state index in [-0.39, 0.29) is 0 Å². The first kappa shape index (κ1) is 10.1. The van der Waals surface area contributed by atoms with Crippen molar-refractivity contribution in [3.05, 3.63) is 0 Å². The SMILES string of the molecule is C1CNCC(CN2CCC3(CCC3)C2)C1. The van der Waals surface area contributed by atoms with E-state index in [1.54, 1.807) is 0 Å². The lowest BCUT2D eigenvalue weighted by Gasteiger charge is -2.38. The number of likely N-dealkylation sites (tertiary alicyclic amines) is 1. The molecule has 2 nitrogen and oxygen atoms in total. The Morgan fingerprint density at radius 3 is 2.73 bits per heavy atom. The van der Waals surface area contributed by atoms with Crippen molar-refractivity contribution < 1.29 is 0 Å². The Labute approximate surface area is 93.4 Å². The maximum atomic E-state index is 3.53. The molecule has 0 aromatic carbocycles. The first-order valence-electron chi connectivity index (χ1n) is 6.79. The molecule has 1 atom stereocenters. The van der Waals surface area contributed by atoms with E-state index >= 15 is 0 Å². The quantitative estimate of drug-likeness (QED) is 0.745. The summed E-state index contributed by atoms with van der Waals surface area (Å²) in [6.07, 6.45) is 8.88. The summed E-state index contributed by atoms with van der Waals surface area (Å²) in [5.74, 6) is 0.939. The van der Waals surface area contributed by atoms with Gasteiger partial charge in [-0.15, -0.1) is 0 Å². The summed E-state index contributed by atoms with van der Waals surface area (Å²) in [7, 11) is 0. The number of hydrogen-bond donors (Lipinski definition) is 1. The summed E-state index contributed by atoms with van der Waals surface area (Å²) in [5.41, 5.74) is 0.794. The molecule has 15 heavy (non-hydrogen) atoms. The van der Waals surface area contributed by atoms with Gasteiger partial charge in [0.25, 0.3) is 0 Å². The van der Waals surface area contributed by atoms with Crippen LogP contribution in [0.15, 0.2) is 0 Å². The van der Waals surface area contributed by atoms with E-state index in [0.29, 0.717) is 0 Å². The average Bonchev–Trinajstić information content (AvgIpc) is 2.63. The van der Waals surface area contributed by atoms with E-state index in [1.807, 2.05) is 0 Å². The molecule has 1 aliphatic carbocycles. The van der Waals surface area contributed by atoms with Gasteiger partial charge in [-0.1, -0.05) is 6.42 Å². The zero-order chi connectivity index (χ0) is 10.1. The van der Waals surface area contributed by atoms with Crippen molar-refractivity contribution in [1.82, 2.24) is 10.2 Å². The van der Waals surface area contributed by atoms with E-state index in [4.69, 9.17) is 0 Å². The Morgan fingerprint density at radius 2 is 2.13 bits per heavy atom. The molecule has 2 heteroatoms. The van der Waals surface area contributed by atoms with Gasteiger partial charge in [-0.2, -0.15) is 0 Å². The summed E-state index contributed by atoms with van der Waals surface area (Å²) >= 11 is 0. The van der Waals surface area contributed by atoms with Crippen LogP contribution in [0.25, 0.3) is 0 Å². The molecular weight excluding hydrogens is 184 g/mol. The zero-order valence-corrected chi connectivity index (χ0v) is 9.80. The van der Waals surface area contributed by atoms with Crippen LogP contribution in [0.2, 0.25) is 0 Å². The van der Waals surface area contributed by atoms with Gasteiger partial charge in [0.05, 0.1) is 0 Å². The highest BCUT2D eigenvalue weighted by Crippen LogP contribution is 2.48. The monoisotopic (exact) mass is 208 g/mol. The van der Waals surface area contributed by atoms with Gasteiger partial charge in [0.15, 0.2) is 0 Å². The molecule has 3 rings (SSSR count). The minimum absolute atomic E-state index is 0.794. The van der Waals surface area contributed by atoms with E-state index in [9.17, 15) is 0 Å². The molecule has 1 N–H and O–H groups in total. The number of nitrogens with one attached hydrogen (secondary N) is 1. The Morgan fingerprint density at radius 1 is 1.20 bits per heavy atom. The molecule has 1 saturated carbocycles. The van der Waals surface area contributed by atoms with E-state index < -0.39 is 0 Å². The van der Waals surface area contributed by atoms with Gasteiger partial charge in [-0.25, -0.2) is 0 Å². The van der Waals surface area contributed by atoms with Gasteiger partial charge >= 0.3 is 0 Å². The van der Waals surface area contributed by atoms with Crippen LogP contribution in [0, 0.1) is 11.3 Å². The smallest absolute Gasteiger partial charge is 0.00386 e. The predicted molar refractivity (Wildman–Crippen MR) is 62.9 cm³/mol. The third-order valence-electron chi connectivity index (χ3n) is 4.85. The van der Waals surface area contributed by atoms with Crippen molar-refractivity contribution in [2.45, 2.75) is 38.5 Å². The van der Waals surface area contributed by atoms with Crippen LogP contribution in [0.5, 0.6) is 0 Å². The molecule has 2 aliphatic heterocycles. The van der Waals surface area contributed by atoms with E-state index in [2.05, 4.69) is 10.2 Å². The van der Waals surface area contributed by atoms with Crippen molar-refractivity contribution in [3.8, 4) is 0 Å². The lowest BCUT2D eigenvalue weighted by atomic mass is 9.68. The summed E-state index contributed by atoms with van der Waals surface area (Å²) in [5, 5.41) is 3.53. The third kappa shape index (κ3) is 2.07. The fourth-order valence-electron chi connectivity index (χ4n) is 3.71. The fourth-order valence-corrected chi connectivity index (χ4v) is 3.71. The third-order valence-corrected chi connectivity index (χ3v) is 4.85. The first-order valence-corrected chi connectivity index (χ1v) is 6.79. The Bertz CT molecular complexity index is 217. The largest absolute Gasteiger partial charge is 0.316 e. The van der Waals surface area contributed by atoms with Gasteiger partial charge in [0, 0.05) is 13.1 Å². The van der Waals surface area contributed by atoms with Crippen LogP contribution >= 0.6 is 0 Å². The summed E-state index contributed by atoms with van der Waals surface area (Å²) in [4.78, 5) is 2.75. The summed E-state index contributed by atoms with van der Waals surface area (Å²) in [6, 6.07) is 0. The molecule has 1 spiro atoms. The molecule has 1 unspecified atom stereocenters. The van der Waals surface area contributed by atoms with Crippen LogP contribution in [0.1, 0.15) is 38.5 Å². The molecular formula is C13H24N2. The number of piperidine rings is 1. The minimum Gasteiger partial charge on any atom is -0.316 e. The van der Waals surface area contributed by atoms with Crippen LogP contribution in [0.3, 0.4) is 0 Å². The molecule has 2 saturated heterocycles. The molecule has 0 bridgehead atoms. The predicted octanol–water partition coefficient (Wildman–Crippen LogP) is 1.86. The highest BCUT2D eigenvalue weighted by molar-refractivity contribution is 4.96. The molecule has 3 fully saturated rings. The van der Waals surface area contributed by atoms with Crippen molar-refractivity contribution in [1.29, 1.82) is 0 Å². The van der Waals surface area contributed by atoms with Crippen molar-refractivity contribution in [3.63, 3.8) is 0 Å². The maximum absolute atomic E-state index is 3.53. The number of rotatable bonds is 2. The Balaban J connectivity index is 1.47. The van der Waals surface area contributed by atoms with Gasteiger partial charge in [0.1, 0.15) is 0 Å². The molecule has 0 aromatic heterocycles. The van der Waals surface area contributed by atoms with Gasteiger partial charge in [-0.3, -0.25) is 0 Å². The van der Waals surface area contributed by atoms with E-state index in [0.717, 1.165) is 11.3 Å². The second-order valence-electron chi connectivity index (χ2n) is 6.05. The van der Waals surface area contributed by atoms with Crippen molar-refractivity contribution in [2.24, 2.45) is 11.3 Å². The minimum atomic E-state index is 0.794. The average molecular weight is 208 g/mol. The first-order chi connectivity index (χ1) is 7.36. The number of hydrogen-bond acceptors (Lipinski definition) is 2. The molecule has 0 aromatic rings. The van der Waals surface area contributed by atoms with Crippen LogP contribution in [-0.4, -0.2) is 37.6 Å². The van der Waals surface area contributed by atoms with Gasteiger partial charge in [-0.05, 0) is 63.1 Å². The fraction of sp³-hybridized carbons (Fsp3) is 1.00. The second-order valence-corrected chi connectivity index (χ2v) is 6.05. The molecule has 0 amide bonds. The normalized spacial score (nSPS) is 35.6. The van der Waals surface area contributed by atoms with Crippen molar-refractivity contribution in [2.75, 3.05) is 32.7 Å². The lowest BCUT2D eigenvalue weighted by Crippen LogP contribution is -2.39. The molecule has 2 heterocycles. The second kappa shape index (κ2) is 4.06. The topological polar surface area (TPSA) is 15.3 Å². The number of nitrogens with zero attached hydrogens (tertiary/aromatic N) is 1.